The van der Waals surface area contributed by atoms with E-state index in [0.29, 0.717) is 5.56 Å². The second-order valence-corrected chi connectivity index (χ2v) is 4.60. The molecule has 0 atom stereocenters. The number of rotatable bonds is 3. The van der Waals surface area contributed by atoms with Gasteiger partial charge in [0, 0.05) is 29.8 Å². The number of benzene rings is 1. The molecule has 0 radical (unpaired) electrons. The molecule has 0 aliphatic rings. The van der Waals surface area contributed by atoms with Crippen LogP contribution in [0.3, 0.4) is 0 Å². The highest BCUT2D eigenvalue weighted by molar-refractivity contribution is 6.10. The average Bonchev–Trinajstić information content (AvgIpc) is 2.92. The number of fused-ring (bicyclic) bond motifs is 1. The molecule has 2 N–H and O–H groups in total. The standard InChI is InChI=1S/C15H14N2O2/c1-17-8-4-5-10(17)9-13(18)14-11-6-2-3-7-12(11)16-15(14)19/h2-8,16,19H,9H2,1H3. The molecule has 96 valence electrons. The quantitative estimate of drug-likeness (QED) is 0.706. The lowest BCUT2D eigenvalue weighted by Crippen LogP contribution is -2.06. The predicted molar refractivity (Wildman–Crippen MR) is 73.4 cm³/mol. The molecule has 0 aliphatic carbocycles. The molecule has 0 aliphatic heterocycles. The molecule has 0 saturated carbocycles. The summed E-state index contributed by atoms with van der Waals surface area (Å²) in [5.41, 5.74) is 2.07. The van der Waals surface area contributed by atoms with Crippen LogP contribution in [0.5, 0.6) is 5.88 Å². The molecule has 0 unspecified atom stereocenters. The molecule has 4 heteroatoms. The lowest BCUT2D eigenvalue weighted by Gasteiger charge is -2.02. The number of aromatic nitrogens is 2. The number of hydrogen-bond acceptors (Lipinski definition) is 2. The summed E-state index contributed by atoms with van der Waals surface area (Å²) in [5.74, 6) is -0.142. The molecule has 3 aromatic rings. The van der Waals surface area contributed by atoms with Crippen LogP contribution in [0.25, 0.3) is 10.9 Å². The van der Waals surface area contributed by atoms with Crippen LogP contribution in [-0.2, 0) is 13.5 Å². The third-order valence-electron chi connectivity index (χ3n) is 3.36. The predicted octanol–water partition coefficient (Wildman–Crippen LogP) is 2.64. The first-order valence-electron chi connectivity index (χ1n) is 6.10. The Bertz CT molecular complexity index is 752. The molecule has 4 nitrogen and oxygen atoms in total. The van der Waals surface area contributed by atoms with Gasteiger partial charge in [-0.25, -0.2) is 0 Å². The maximum Gasteiger partial charge on any atom is 0.200 e. The summed E-state index contributed by atoms with van der Waals surface area (Å²) in [4.78, 5) is 15.2. The molecule has 2 heterocycles. The van der Waals surface area contributed by atoms with Gasteiger partial charge in [0.05, 0.1) is 12.0 Å². The minimum Gasteiger partial charge on any atom is -0.494 e. The Labute approximate surface area is 110 Å². The van der Waals surface area contributed by atoms with Crippen LogP contribution in [0.4, 0.5) is 0 Å². The minimum atomic E-state index is -0.0863. The SMILES string of the molecule is Cn1cccc1CC(=O)c1c(O)[nH]c2ccccc12. The van der Waals surface area contributed by atoms with Gasteiger partial charge in [-0.3, -0.25) is 4.79 Å². The van der Waals surface area contributed by atoms with Gasteiger partial charge >= 0.3 is 0 Å². The molecule has 0 amide bonds. The van der Waals surface area contributed by atoms with Crippen molar-refractivity contribution in [2.45, 2.75) is 6.42 Å². The maximum absolute atomic E-state index is 12.4. The van der Waals surface area contributed by atoms with Gasteiger partial charge in [0.15, 0.2) is 5.78 Å². The topological polar surface area (TPSA) is 58.0 Å². The lowest BCUT2D eigenvalue weighted by atomic mass is 10.1. The molecule has 2 aromatic heterocycles. The highest BCUT2D eigenvalue weighted by Crippen LogP contribution is 2.28. The van der Waals surface area contributed by atoms with Gasteiger partial charge in [0.25, 0.3) is 0 Å². The molecular weight excluding hydrogens is 240 g/mol. The Morgan fingerprint density at radius 3 is 2.79 bits per heavy atom. The Morgan fingerprint density at radius 1 is 1.26 bits per heavy atom. The first-order chi connectivity index (χ1) is 9.16. The second kappa shape index (κ2) is 4.31. The van der Waals surface area contributed by atoms with Crippen molar-refractivity contribution in [3.63, 3.8) is 0 Å². The van der Waals surface area contributed by atoms with Crippen LogP contribution in [0, 0.1) is 0 Å². The van der Waals surface area contributed by atoms with Crippen LogP contribution < -0.4 is 0 Å². The summed E-state index contributed by atoms with van der Waals surface area (Å²) in [6.45, 7) is 0. The number of para-hydroxylation sites is 1. The van der Waals surface area contributed by atoms with Crippen molar-refractivity contribution in [2.75, 3.05) is 0 Å². The van der Waals surface area contributed by atoms with Crippen molar-refractivity contribution in [3.05, 3.63) is 53.9 Å². The Balaban J connectivity index is 2.02. The molecule has 0 spiro atoms. The van der Waals surface area contributed by atoms with Crippen molar-refractivity contribution < 1.29 is 9.90 Å². The van der Waals surface area contributed by atoms with Gasteiger partial charge in [-0.05, 0) is 18.2 Å². The fraction of sp³-hybridized carbons (Fsp3) is 0.133. The van der Waals surface area contributed by atoms with Gasteiger partial charge in [0.1, 0.15) is 0 Å². The largest absolute Gasteiger partial charge is 0.494 e. The summed E-state index contributed by atoms with van der Waals surface area (Å²) >= 11 is 0. The van der Waals surface area contributed by atoms with E-state index in [1.54, 1.807) is 0 Å². The van der Waals surface area contributed by atoms with Crippen molar-refractivity contribution >= 4 is 16.7 Å². The summed E-state index contributed by atoms with van der Waals surface area (Å²) in [6.07, 6.45) is 2.18. The van der Waals surface area contributed by atoms with Gasteiger partial charge in [0.2, 0.25) is 5.88 Å². The number of carbonyl (C=O) groups excluding carboxylic acids is 1. The first-order valence-corrected chi connectivity index (χ1v) is 6.10. The van der Waals surface area contributed by atoms with Gasteiger partial charge in [-0.2, -0.15) is 0 Å². The summed E-state index contributed by atoms with van der Waals surface area (Å²) in [6, 6.07) is 11.2. The van der Waals surface area contributed by atoms with Crippen molar-refractivity contribution in [1.82, 2.24) is 9.55 Å². The summed E-state index contributed by atoms with van der Waals surface area (Å²) < 4.78 is 1.91. The average molecular weight is 254 g/mol. The van der Waals surface area contributed by atoms with Crippen molar-refractivity contribution in [1.29, 1.82) is 0 Å². The zero-order valence-electron chi connectivity index (χ0n) is 10.6. The Hall–Kier alpha value is -2.49. The Morgan fingerprint density at radius 2 is 2.05 bits per heavy atom. The number of aryl methyl sites for hydroxylation is 1. The van der Waals surface area contributed by atoms with E-state index >= 15 is 0 Å². The maximum atomic E-state index is 12.4. The van der Waals surface area contributed by atoms with E-state index in [4.69, 9.17) is 0 Å². The molecule has 0 saturated heterocycles. The van der Waals surface area contributed by atoms with Crippen LogP contribution in [0.1, 0.15) is 16.1 Å². The number of nitrogens with zero attached hydrogens (tertiary/aromatic N) is 1. The number of nitrogens with one attached hydrogen (secondary N) is 1. The third-order valence-corrected chi connectivity index (χ3v) is 3.36. The highest BCUT2D eigenvalue weighted by atomic mass is 16.3. The number of Topliss-reactive ketones (excluding diaryl/α,β-unsaturated/α-hetero) is 1. The van der Waals surface area contributed by atoms with Crippen LogP contribution >= 0.6 is 0 Å². The molecule has 3 rings (SSSR count). The van der Waals surface area contributed by atoms with Gasteiger partial charge in [-0.15, -0.1) is 0 Å². The number of hydrogen-bond donors (Lipinski definition) is 2. The van der Waals surface area contributed by atoms with Crippen LogP contribution in [0.15, 0.2) is 42.6 Å². The molecular formula is C15H14N2O2. The Kier molecular flexibility index (Phi) is 2.63. The van der Waals surface area contributed by atoms with E-state index in [-0.39, 0.29) is 18.1 Å². The fourth-order valence-corrected chi connectivity index (χ4v) is 2.34. The number of carbonyl (C=O) groups is 1. The summed E-state index contributed by atoms with van der Waals surface area (Å²) in [5, 5.41) is 10.7. The summed E-state index contributed by atoms with van der Waals surface area (Å²) in [7, 11) is 1.90. The zero-order valence-corrected chi connectivity index (χ0v) is 10.6. The van der Waals surface area contributed by atoms with E-state index in [0.717, 1.165) is 16.6 Å². The second-order valence-electron chi connectivity index (χ2n) is 4.60. The van der Waals surface area contributed by atoms with Crippen molar-refractivity contribution in [2.24, 2.45) is 7.05 Å². The van der Waals surface area contributed by atoms with E-state index < -0.39 is 0 Å². The number of aromatic hydroxyl groups is 1. The van der Waals surface area contributed by atoms with Gasteiger partial charge in [-0.1, -0.05) is 18.2 Å². The molecule has 19 heavy (non-hydrogen) atoms. The highest BCUT2D eigenvalue weighted by Gasteiger charge is 2.18. The van der Waals surface area contributed by atoms with E-state index in [9.17, 15) is 9.90 Å². The van der Waals surface area contributed by atoms with Crippen molar-refractivity contribution in [3.8, 4) is 5.88 Å². The van der Waals surface area contributed by atoms with Crippen LogP contribution in [0.2, 0.25) is 0 Å². The lowest BCUT2D eigenvalue weighted by molar-refractivity contribution is 0.0990. The first kappa shape index (κ1) is 11.6. The smallest absolute Gasteiger partial charge is 0.200 e. The number of aromatic amines is 1. The van der Waals surface area contributed by atoms with Gasteiger partial charge < -0.3 is 14.7 Å². The monoisotopic (exact) mass is 254 g/mol. The normalized spacial score (nSPS) is 11.0. The van der Waals surface area contributed by atoms with Crippen LogP contribution in [-0.4, -0.2) is 20.4 Å². The van der Waals surface area contributed by atoms with E-state index in [1.165, 1.54) is 0 Å². The molecule has 0 bridgehead atoms. The third kappa shape index (κ3) is 1.91. The fourth-order valence-electron chi connectivity index (χ4n) is 2.34. The number of H-pyrrole nitrogens is 1. The van der Waals surface area contributed by atoms with E-state index in [1.807, 2.05) is 54.2 Å². The minimum absolute atomic E-state index is 0.0552. The molecule has 0 fully saturated rings. The van der Waals surface area contributed by atoms with E-state index in [2.05, 4.69) is 4.98 Å². The number of ketones is 1. The molecule has 1 aromatic carbocycles. The zero-order chi connectivity index (χ0) is 13.4.